The number of nitro benzene ring substituents is 2. The SMILES string of the molecule is CC(=O)OC1OC(COC(=O)c2ccccc2)C[C@H](C)C1OC(=O)c1ccccc1.C[C@H]1CC(COC(=O)c2ccccc2)O[C@@H](Oc2ccc([N+](=O)[O-])cc2Cl)C1OC(=O)c1ccccc1.O=[N+]([O-])c1ccc(O[C@@H]2OC(CO)C[C@H](O)C2O)c(Cl)c1. The molecule has 466 valence electrons. The lowest BCUT2D eigenvalue weighted by atomic mass is 9.93. The number of aliphatic hydroxyl groups is 3. The third kappa shape index (κ3) is 19.2. The maximum atomic E-state index is 12.8. The van der Waals surface area contributed by atoms with Crippen molar-refractivity contribution in [1.29, 1.82) is 0 Å². The highest BCUT2D eigenvalue weighted by Gasteiger charge is 2.44. The van der Waals surface area contributed by atoms with Crippen molar-refractivity contribution in [3.05, 3.63) is 210 Å². The normalized spacial score (nSPS) is 23.7. The van der Waals surface area contributed by atoms with Gasteiger partial charge in [-0.25, -0.2) is 19.2 Å². The van der Waals surface area contributed by atoms with Gasteiger partial charge in [0.15, 0.2) is 12.2 Å². The maximum absolute atomic E-state index is 12.8. The molecule has 0 bridgehead atoms. The van der Waals surface area contributed by atoms with E-state index in [4.69, 9.17) is 75.7 Å². The minimum Gasteiger partial charge on any atom is -0.460 e. The van der Waals surface area contributed by atoms with E-state index >= 15 is 0 Å². The van der Waals surface area contributed by atoms with Crippen molar-refractivity contribution in [2.45, 2.75) is 102 Å². The van der Waals surface area contributed by atoms with E-state index in [0.29, 0.717) is 35.1 Å². The van der Waals surface area contributed by atoms with Crippen LogP contribution in [0.1, 0.15) is 81.5 Å². The van der Waals surface area contributed by atoms with Gasteiger partial charge in [-0.1, -0.05) is 110 Å². The molecule has 0 saturated carbocycles. The van der Waals surface area contributed by atoms with Crippen LogP contribution in [0.4, 0.5) is 11.4 Å². The molecule has 0 aromatic heterocycles. The molecule has 0 radical (unpaired) electrons. The van der Waals surface area contributed by atoms with E-state index in [1.54, 1.807) is 115 Å². The van der Waals surface area contributed by atoms with Crippen molar-refractivity contribution in [3.63, 3.8) is 0 Å². The van der Waals surface area contributed by atoms with Crippen molar-refractivity contribution >= 4 is 64.4 Å². The Kier molecular flexibility index (Phi) is 24.6. The van der Waals surface area contributed by atoms with E-state index in [2.05, 4.69) is 0 Å². The predicted molar refractivity (Wildman–Crippen MR) is 311 cm³/mol. The van der Waals surface area contributed by atoms with Gasteiger partial charge in [-0.2, -0.15) is 0 Å². The van der Waals surface area contributed by atoms with Gasteiger partial charge in [0.25, 0.3) is 11.4 Å². The van der Waals surface area contributed by atoms with Crippen LogP contribution in [0, 0.1) is 32.1 Å². The largest absolute Gasteiger partial charge is 0.460 e. The molecule has 3 aliphatic rings. The number of nitro groups is 2. The minimum atomic E-state index is -1.32. The summed E-state index contributed by atoms with van der Waals surface area (Å²) in [6.45, 7) is 4.60. The summed E-state index contributed by atoms with van der Waals surface area (Å²) in [6.07, 6.45) is -8.25. The van der Waals surface area contributed by atoms with Gasteiger partial charge < -0.3 is 62.7 Å². The average Bonchev–Trinajstić information content (AvgIpc) is 1.57. The number of rotatable bonds is 18. The number of aliphatic hydroxyl groups excluding tert-OH is 3. The van der Waals surface area contributed by atoms with E-state index in [0.717, 1.165) is 12.1 Å². The second-order valence-corrected chi connectivity index (χ2v) is 21.1. The van der Waals surface area contributed by atoms with E-state index in [1.165, 1.54) is 31.2 Å². The Bertz CT molecular complexity index is 3320. The number of carbonyl (C=O) groups is 5. The zero-order valence-corrected chi connectivity index (χ0v) is 48.9. The number of non-ortho nitro benzene ring substituents is 2. The van der Waals surface area contributed by atoms with Crippen molar-refractivity contribution in [1.82, 2.24) is 0 Å². The summed E-state index contributed by atoms with van der Waals surface area (Å²) in [6, 6.07) is 41.5. The first kappa shape index (κ1) is 66.9. The van der Waals surface area contributed by atoms with Gasteiger partial charge in [0.05, 0.1) is 73.2 Å². The van der Waals surface area contributed by atoms with E-state index in [-0.39, 0.29) is 71.0 Å². The van der Waals surface area contributed by atoms with Crippen molar-refractivity contribution in [2.75, 3.05) is 19.8 Å². The lowest BCUT2D eigenvalue weighted by molar-refractivity contribution is -0.385. The highest BCUT2D eigenvalue weighted by molar-refractivity contribution is 6.32. The Morgan fingerprint density at radius 1 is 0.511 bits per heavy atom. The first-order valence-corrected chi connectivity index (χ1v) is 28.2. The van der Waals surface area contributed by atoms with Gasteiger partial charge in [0.2, 0.25) is 18.9 Å². The molecule has 9 rings (SSSR count). The van der Waals surface area contributed by atoms with Crippen molar-refractivity contribution < 1.29 is 96.5 Å². The smallest absolute Gasteiger partial charge is 0.338 e. The summed E-state index contributed by atoms with van der Waals surface area (Å²) in [5, 5.41) is 50.2. The third-order valence-corrected chi connectivity index (χ3v) is 14.2. The van der Waals surface area contributed by atoms with Crippen LogP contribution in [0.3, 0.4) is 0 Å². The number of carbonyl (C=O) groups excluding carboxylic acids is 5. The van der Waals surface area contributed by atoms with Gasteiger partial charge in [-0.05, 0) is 73.5 Å². The van der Waals surface area contributed by atoms with Crippen LogP contribution < -0.4 is 9.47 Å². The maximum Gasteiger partial charge on any atom is 0.338 e. The predicted octanol–water partition coefficient (Wildman–Crippen LogP) is 9.30. The Balaban J connectivity index is 0.000000196. The van der Waals surface area contributed by atoms with E-state index in [9.17, 15) is 54.4 Å². The lowest BCUT2D eigenvalue weighted by Gasteiger charge is -2.39. The monoisotopic (exact) mass is 1260 g/mol. The van der Waals surface area contributed by atoms with Crippen LogP contribution in [0.25, 0.3) is 0 Å². The quantitative estimate of drug-likeness (QED) is 0.0312. The molecule has 0 aliphatic carbocycles. The number of ether oxygens (including phenoxy) is 10. The fourth-order valence-electron chi connectivity index (χ4n) is 9.15. The Labute approximate surface area is 513 Å². The molecular formula is C62H62Cl2N2O22. The van der Waals surface area contributed by atoms with Crippen LogP contribution in [-0.2, 0) is 42.7 Å². The molecule has 26 heteroatoms. The summed E-state index contributed by atoms with van der Waals surface area (Å²) in [7, 11) is 0. The van der Waals surface area contributed by atoms with Gasteiger partial charge in [-0.15, -0.1) is 0 Å². The van der Waals surface area contributed by atoms with Crippen LogP contribution in [-0.4, -0.2) is 136 Å². The topological polar surface area (TPSA) is 325 Å². The highest BCUT2D eigenvalue weighted by atomic mass is 35.5. The molecule has 3 aliphatic heterocycles. The number of hydrogen-bond acceptors (Lipinski definition) is 22. The number of benzene rings is 6. The molecule has 3 heterocycles. The Morgan fingerprint density at radius 2 is 0.875 bits per heavy atom. The lowest BCUT2D eigenvalue weighted by Crippen LogP contribution is -2.51. The average molecular weight is 1260 g/mol. The summed E-state index contributed by atoms with van der Waals surface area (Å²) in [5.41, 5.74) is 1.20. The molecule has 3 fully saturated rings. The molecule has 7 unspecified atom stereocenters. The van der Waals surface area contributed by atoms with Crippen LogP contribution in [0.2, 0.25) is 10.0 Å². The molecule has 0 amide bonds. The molecule has 0 spiro atoms. The Morgan fingerprint density at radius 3 is 1.25 bits per heavy atom. The van der Waals surface area contributed by atoms with Crippen molar-refractivity contribution in [3.8, 4) is 11.5 Å². The van der Waals surface area contributed by atoms with Gasteiger partial charge in [0.1, 0.15) is 30.8 Å². The molecule has 88 heavy (non-hydrogen) atoms. The zero-order chi connectivity index (χ0) is 63.4. The molecule has 24 nitrogen and oxygen atoms in total. The van der Waals surface area contributed by atoms with E-state index < -0.39 is 101 Å². The zero-order valence-electron chi connectivity index (χ0n) is 47.4. The summed E-state index contributed by atoms with van der Waals surface area (Å²) in [5.74, 6) is -2.85. The van der Waals surface area contributed by atoms with Crippen molar-refractivity contribution in [2.24, 2.45) is 11.8 Å². The second-order valence-electron chi connectivity index (χ2n) is 20.3. The van der Waals surface area contributed by atoms with E-state index in [1.807, 2.05) is 19.9 Å². The Hall–Kier alpha value is -8.59. The summed E-state index contributed by atoms with van der Waals surface area (Å²) in [4.78, 5) is 81.8. The highest BCUT2D eigenvalue weighted by Crippen LogP contribution is 2.36. The fourth-order valence-corrected chi connectivity index (χ4v) is 9.59. The minimum absolute atomic E-state index is 0.00350. The molecule has 3 saturated heterocycles. The molecule has 6 aromatic carbocycles. The first-order valence-electron chi connectivity index (χ1n) is 27.5. The number of hydrogen-bond donors (Lipinski definition) is 3. The summed E-state index contributed by atoms with van der Waals surface area (Å²) < 4.78 is 55.9. The number of esters is 5. The number of nitrogens with zero attached hydrogens (tertiary/aromatic N) is 2. The molecular weight excluding hydrogens is 1200 g/mol. The first-order chi connectivity index (χ1) is 42.2. The summed E-state index contributed by atoms with van der Waals surface area (Å²) >= 11 is 12.1. The fraction of sp³-hybridized carbons (Fsp3) is 0.339. The molecule has 6 aromatic rings. The molecule has 3 N–H and O–H groups in total. The van der Waals surface area contributed by atoms with Gasteiger partial charge >= 0.3 is 29.8 Å². The van der Waals surface area contributed by atoms with Crippen LogP contribution in [0.15, 0.2) is 158 Å². The molecule has 12 atom stereocenters. The van der Waals surface area contributed by atoms with Gasteiger partial charge in [-0.3, -0.25) is 25.0 Å². The second kappa shape index (κ2) is 32.4. The third-order valence-electron chi connectivity index (χ3n) is 13.6. The number of halogens is 2. The van der Waals surface area contributed by atoms with Gasteiger partial charge in [0, 0.05) is 49.4 Å². The standard InChI is InChI=1S/C27H24ClNO8.C23H24O7.C12H14ClNO7/c1-17-14-21(16-34-25(30)18-8-4-2-5-9-18)35-27(24(17)37-26(31)19-10-6-3-7-11-19)36-23-13-12-20(29(32)33)15-22(23)28;1-15-13-19(14-27-21(25)17-9-5-3-6-10-17)29-23(28-16(2)24)20(15)30-22(26)18-11-7-4-8-12-18;13-8-3-6(14(18)19)1-2-10(8)21-12-11(17)9(16)4-7(5-15)20-12/h2-13,15,17,21,24,27H,14,16H2,1H3;3-12,15,19-20,23H,13-14H2,1-2H3;1-3,7,9,11-12,15-17H,4-5H2/t17-,21?,24?,27-;15-,19?,20?,23?;7?,9-,11?,12-/m000/s1. The van der Waals surface area contributed by atoms with Crippen LogP contribution in [0.5, 0.6) is 11.5 Å². The van der Waals surface area contributed by atoms with Crippen LogP contribution >= 0.6 is 23.2 Å².